The molecule has 10 amide bonds. The fraction of sp³-hybridized carbons (Fsp3) is 0.330. The van der Waals surface area contributed by atoms with E-state index in [9.17, 15) is 99.0 Å². The van der Waals surface area contributed by atoms with Crippen LogP contribution in [0.1, 0.15) is 130 Å². The molecule has 140 heavy (non-hydrogen) atoms. The highest BCUT2D eigenvalue weighted by atomic mass is 127. The first-order valence-electron chi connectivity index (χ1n) is 45.1. The minimum Gasteiger partial charge on any atom is -0.380 e. The number of aliphatic hydroxyl groups excluding tert-OH is 10. The molecule has 742 valence electrons. The third-order valence-corrected chi connectivity index (χ3v) is 27.1. The van der Waals surface area contributed by atoms with Gasteiger partial charge in [0.05, 0.1) is 24.2 Å². The standard InChI is InChI=1S/C22H24BrClN2O4.C21H23IN2O4.C20H24BrN3O4.C20H21BrN2O4.C20H21IN2O4/c1-13(14-7-9-16(23)10-8-14)25-21(29)19(27)20(28)22(30)26-11-3-6-18(26)15-4-2-5-17(24)12-15;1-13(14-6-8-17(22)9-7-14)23-20(27)18(25)19(26)21(28)24-11-10-15-4-2-3-5-16(15)12-24;1-13(15-3-5-16(21)6-4-15)23-19(27)17(25)18(26)20(28)24(2)12-9-14-7-10-22-11-8-14;2*21-16-7-3-4-13(10-16)11-22-19(26)17(24)18(25)20(27)23-9-8-14-5-1-2-6-15(14)12-23/h2,4-5,7-10,12-13,18-20,27-28H,3,6,11H2,1H3,(H,25,29);2-9,13,18-19,25-26H,10-12H2,1H3,(H,23,27);3-8,10-11,13,17-18,25-26H,9,12H2,1-2H3,(H,23,27);2*1-7,10,17-18,24-25H,8-9,11-12H2,(H,22,26)/t13-,18?,19?,20+;13-,18?,19?;13-,17+,18+;;/m010../s1. The number of aliphatic hydroxyl groups is 10. The van der Waals surface area contributed by atoms with E-state index in [0.717, 1.165) is 89.0 Å². The second-order valence-electron chi connectivity index (χ2n) is 33.9. The third-order valence-electron chi connectivity index (χ3n) is 24.0. The molecule has 14 atom stereocenters. The van der Waals surface area contributed by atoms with Crippen LogP contribution in [0.3, 0.4) is 0 Å². The number of rotatable bonds is 29. The first-order chi connectivity index (χ1) is 66.8. The number of aromatic nitrogens is 1. The van der Waals surface area contributed by atoms with Gasteiger partial charge in [0.25, 0.3) is 59.1 Å². The Balaban J connectivity index is 0.000000180. The number of benzene rings is 9. The van der Waals surface area contributed by atoms with E-state index in [0.29, 0.717) is 83.1 Å². The molecular weight excluding hydrogens is 2240 g/mol. The summed E-state index contributed by atoms with van der Waals surface area (Å²) < 4.78 is 4.79. The van der Waals surface area contributed by atoms with Crippen LogP contribution in [-0.2, 0) is 106 Å². The van der Waals surface area contributed by atoms with E-state index in [2.05, 4.69) is 125 Å². The Hall–Kier alpha value is -10.4. The molecule has 1 saturated heterocycles. The lowest BCUT2D eigenvalue weighted by atomic mass is 9.99. The Morgan fingerprint density at radius 1 is 0.393 bits per heavy atom. The second-order valence-corrected chi connectivity index (χ2v) is 39.6. The molecule has 31 nitrogen and oxygen atoms in total. The SMILES string of the molecule is C[C@@H](NC(=O)C(O)C(O)C(=O)N1CCc2ccccc2C1)c1ccc(I)cc1.C[C@H](NC(=O)C(O)[C@@H](O)C(=O)N1CCCC1c1cccc(Cl)c1)c1ccc(Br)cc1.C[C@H](NC(=O)[C@H](O)[C@@H](O)C(=O)N(C)CCc1ccncc1)c1ccc(Br)cc1.O=C(NCc1cccc(Br)c1)C(O)C(O)C(=O)N1CCc2ccccc2C1.O=C(NCc1cccc(I)c1)C(O)C(O)C(=O)N1CCc2ccccc2C1. The van der Waals surface area contributed by atoms with Gasteiger partial charge in [0.15, 0.2) is 61.0 Å². The predicted octanol–water partition coefficient (Wildman–Crippen LogP) is 9.17. The number of nitrogens with zero attached hydrogens (tertiary/aromatic N) is 6. The summed E-state index contributed by atoms with van der Waals surface area (Å²) in [7, 11) is 1.52. The molecule has 1 fully saturated rings. The Morgan fingerprint density at radius 3 is 1.17 bits per heavy atom. The monoisotopic (exact) mass is 2350 g/mol. The Kier molecular flexibility index (Phi) is 43.6. The zero-order chi connectivity index (χ0) is 102. The lowest BCUT2D eigenvalue weighted by molar-refractivity contribution is -0.154. The summed E-state index contributed by atoms with van der Waals surface area (Å²) in [6.45, 7) is 8.89. The highest BCUT2D eigenvalue weighted by Crippen LogP contribution is 2.35. The molecule has 1 aromatic heterocycles. The van der Waals surface area contributed by atoms with Crippen molar-refractivity contribution in [3.8, 4) is 0 Å². The number of likely N-dealkylation sites (N-methyl/N-ethyl adjacent to an activating group) is 1. The average molecular weight is 2350 g/mol. The zero-order valence-corrected chi connectivity index (χ0v) is 86.8. The second kappa shape index (κ2) is 54.7. The lowest BCUT2D eigenvalue weighted by Crippen LogP contribution is -2.51. The number of nitrogens with one attached hydrogen (secondary N) is 5. The molecule has 0 bridgehead atoms. The minimum absolute atomic E-state index is 0.188. The molecule has 9 aromatic carbocycles. The average Bonchev–Trinajstić information content (AvgIpc) is 1.18. The van der Waals surface area contributed by atoms with Crippen molar-refractivity contribution in [3.63, 3.8) is 0 Å². The molecule has 4 aliphatic rings. The third kappa shape index (κ3) is 32.6. The first-order valence-corrected chi connectivity index (χ1v) is 50.0. The van der Waals surface area contributed by atoms with Crippen LogP contribution in [0.4, 0.5) is 0 Å². The molecular formula is C103H113Br3ClI2N11O20. The van der Waals surface area contributed by atoms with Crippen LogP contribution in [0, 0.1) is 7.14 Å². The van der Waals surface area contributed by atoms with Crippen LogP contribution in [0.25, 0.3) is 0 Å². The summed E-state index contributed by atoms with van der Waals surface area (Å²) in [5.41, 5.74) is 12.7. The summed E-state index contributed by atoms with van der Waals surface area (Å²) in [4.78, 5) is 135. The molecule has 4 aliphatic heterocycles. The Labute approximate surface area is 869 Å². The van der Waals surface area contributed by atoms with Gasteiger partial charge in [0.2, 0.25) is 0 Å². The molecule has 0 spiro atoms. The van der Waals surface area contributed by atoms with Crippen LogP contribution in [0.15, 0.2) is 256 Å². The molecule has 37 heteroatoms. The van der Waals surface area contributed by atoms with Crippen molar-refractivity contribution in [1.29, 1.82) is 0 Å². The summed E-state index contributed by atoms with van der Waals surface area (Å²) in [6, 6.07) is 70.1. The van der Waals surface area contributed by atoms with Crippen LogP contribution >= 0.6 is 105 Å². The predicted molar refractivity (Wildman–Crippen MR) is 552 cm³/mol. The number of fused-ring (bicyclic) bond motifs is 3. The Bertz CT molecular complexity index is 5740. The van der Waals surface area contributed by atoms with Crippen molar-refractivity contribution in [2.24, 2.45) is 0 Å². The maximum atomic E-state index is 12.9. The number of pyridine rings is 1. The van der Waals surface area contributed by atoms with E-state index in [1.807, 2.05) is 212 Å². The minimum atomic E-state index is -1.86. The van der Waals surface area contributed by atoms with E-state index in [-0.39, 0.29) is 31.2 Å². The fourth-order valence-corrected chi connectivity index (χ4v) is 17.9. The van der Waals surface area contributed by atoms with Gasteiger partial charge in [-0.3, -0.25) is 52.9 Å². The molecule has 10 aromatic rings. The van der Waals surface area contributed by atoms with Crippen LogP contribution < -0.4 is 26.6 Å². The van der Waals surface area contributed by atoms with Crippen molar-refractivity contribution in [2.75, 3.05) is 39.8 Å². The van der Waals surface area contributed by atoms with Gasteiger partial charge >= 0.3 is 0 Å². The van der Waals surface area contributed by atoms with E-state index in [4.69, 9.17) is 11.6 Å². The lowest BCUT2D eigenvalue weighted by Gasteiger charge is -2.31. The summed E-state index contributed by atoms with van der Waals surface area (Å²) >= 11 is 20.5. The Morgan fingerprint density at radius 2 is 0.764 bits per heavy atom. The first kappa shape index (κ1) is 112. The summed E-state index contributed by atoms with van der Waals surface area (Å²) in [5.74, 6) is -7.24. The van der Waals surface area contributed by atoms with Crippen molar-refractivity contribution in [1.82, 2.24) is 56.1 Å². The molecule has 0 saturated carbocycles. The molecule has 14 rings (SSSR count). The maximum Gasteiger partial charge on any atom is 0.255 e. The normalized spacial score (nSPS) is 16.3. The van der Waals surface area contributed by atoms with Crippen molar-refractivity contribution in [3.05, 3.63) is 341 Å². The number of likely N-dealkylation sites (tertiary alicyclic amines) is 1. The van der Waals surface area contributed by atoms with Crippen LogP contribution in [0.5, 0.6) is 0 Å². The topological polar surface area (TPSA) is 462 Å². The highest BCUT2D eigenvalue weighted by molar-refractivity contribution is 14.1. The highest BCUT2D eigenvalue weighted by Gasteiger charge is 2.42. The quantitative estimate of drug-likeness (QED) is 0.0194. The number of hydrogen-bond acceptors (Lipinski definition) is 21. The van der Waals surface area contributed by atoms with E-state index >= 15 is 0 Å². The van der Waals surface area contributed by atoms with Gasteiger partial charge in [-0.2, -0.15) is 0 Å². The van der Waals surface area contributed by atoms with Gasteiger partial charge in [0, 0.05) is 110 Å². The van der Waals surface area contributed by atoms with Gasteiger partial charge in [0.1, 0.15) is 0 Å². The smallest absolute Gasteiger partial charge is 0.255 e. The molecule has 15 N–H and O–H groups in total. The number of halogens is 6. The molecule has 0 aliphatic carbocycles. The van der Waals surface area contributed by atoms with Gasteiger partial charge in [-0.15, -0.1) is 0 Å². The van der Waals surface area contributed by atoms with Crippen molar-refractivity contribution < 1.29 is 99.0 Å². The summed E-state index contributed by atoms with van der Waals surface area (Å²) in [5, 5.41) is 116. The van der Waals surface area contributed by atoms with Crippen molar-refractivity contribution in [2.45, 2.75) is 177 Å². The fourth-order valence-electron chi connectivity index (χ4n) is 15.7. The van der Waals surface area contributed by atoms with Crippen LogP contribution in [0.2, 0.25) is 5.02 Å². The maximum absolute atomic E-state index is 12.9. The largest absolute Gasteiger partial charge is 0.380 e. The van der Waals surface area contributed by atoms with E-state index < -0.39 is 126 Å². The van der Waals surface area contributed by atoms with Crippen molar-refractivity contribution >= 4 is 164 Å². The molecule has 0 radical (unpaired) electrons. The summed E-state index contributed by atoms with van der Waals surface area (Å²) in [6.07, 6.45) is -10.8. The number of carbonyl (C=O) groups excluding carboxylic acids is 10. The zero-order valence-electron chi connectivity index (χ0n) is 77.0. The van der Waals surface area contributed by atoms with E-state index in [1.165, 1.54) is 48.2 Å². The van der Waals surface area contributed by atoms with Gasteiger partial charge < -0.3 is 102 Å². The van der Waals surface area contributed by atoms with E-state index in [1.54, 1.807) is 51.4 Å². The number of hydrogen-bond donors (Lipinski definition) is 15. The number of amides is 10. The number of carbonyl (C=O) groups is 10. The molecule has 5 heterocycles. The van der Waals surface area contributed by atoms with Gasteiger partial charge in [-0.1, -0.05) is 205 Å². The molecule has 8 unspecified atom stereocenters. The van der Waals surface area contributed by atoms with Gasteiger partial charge in [-0.05, 0) is 262 Å². The van der Waals surface area contributed by atoms with Gasteiger partial charge in [-0.25, -0.2) is 0 Å². The van der Waals surface area contributed by atoms with Crippen LogP contribution in [-0.4, -0.2) is 240 Å².